The van der Waals surface area contributed by atoms with Crippen LogP contribution in [-0.2, 0) is 0 Å². The van der Waals surface area contributed by atoms with Crippen LogP contribution in [0, 0.1) is 11.8 Å². The second-order valence-electron chi connectivity index (χ2n) is 5.24. The Bertz CT molecular complexity index is 370. The van der Waals surface area contributed by atoms with Crippen molar-refractivity contribution in [1.82, 2.24) is 0 Å². The third kappa shape index (κ3) is 3.63. The van der Waals surface area contributed by atoms with Crippen LogP contribution in [0.2, 0.25) is 0 Å². The average molecular weight is 297 g/mol. The van der Waals surface area contributed by atoms with Gasteiger partial charge in [0.25, 0.3) is 0 Å². The van der Waals surface area contributed by atoms with E-state index in [1.54, 1.807) is 0 Å². The first kappa shape index (κ1) is 12.7. The molecule has 0 bridgehead atoms. The van der Waals surface area contributed by atoms with Crippen LogP contribution in [0.5, 0.6) is 0 Å². The number of nitrogens with one attached hydrogen (secondary N) is 1. The van der Waals surface area contributed by atoms with Gasteiger partial charge in [-0.25, -0.2) is 0 Å². The Balaban J connectivity index is 1.87. The zero-order valence-electron chi connectivity index (χ0n) is 10.4. The number of anilines is 2. The minimum atomic E-state index is 0.810. The van der Waals surface area contributed by atoms with Gasteiger partial charge < -0.3 is 11.1 Å². The summed E-state index contributed by atoms with van der Waals surface area (Å²) in [5, 5.41) is 3.48. The lowest BCUT2D eigenvalue weighted by molar-refractivity contribution is 0.300. The maximum Gasteiger partial charge on any atom is 0.0585 e. The molecular weight excluding hydrogens is 276 g/mol. The number of benzene rings is 1. The molecule has 0 aromatic heterocycles. The highest BCUT2D eigenvalue weighted by Crippen LogP contribution is 2.29. The summed E-state index contributed by atoms with van der Waals surface area (Å²) in [5.41, 5.74) is 7.83. The molecule has 0 heterocycles. The van der Waals surface area contributed by atoms with Gasteiger partial charge in [-0.05, 0) is 42.9 Å². The first-order valence-electron chi connectivity index (χ1n) is 6.44. The third-order valence-electron chi connectivity index (χ3n) is 3.73. The quantitative estimate of drug-likeness (QED) is 0.818. The van der Waals surface area contributed by atoms with Gasteiger partial charge in [0.1, 0.15) is 0 Å². The summed E-state index contributed by atoms with van der Waals surface area (Å²) in [7, 11) is 0. The van der Waals surface area contributed by atoms with E-state index in [-0.39, 0.29) is 0 Å². The molecule has 0 aliphatic heterocycles. The zero-order valence-corrected chi connectivity index (χ0v) is 12.0. The molecule has 0 amide bonds. The summed E-state index contributed by atoms with van der Waals surface area (Å²) in [5.74, 6) is 1.73. The lowest BCUT2D eigenvalue weighted by atomic mass is 9.83. The van der Waals surface area contributed by atoms with Crippen LogP contribution in [0.25, 0.3) is 0 Å². The standard InChI is InChI=1S/C14H21BrN2/c1-10-2-4-11(5-3-10)9-17-14-8-12(15)6-7-13(14)16/h6-8,10-11,17H,2-5,9,16H2,1H3. The molecular formula is C14H21BrN2. The minimum Gasteiger partial charge on any atom is -0.397 e. The molecule has 1 aromatic carbocycles. The Morgan fingerprint density at radius 1 is 1.29 bits per heavy atom. The Morgan fingerprint density at radius 3 is 2.71 bits per heavy atom. The van der Waals surface area contributed by atoms with E-state index in [2.05, 4.69) is 34.2 Å². The van der Waals surface area contributed by atoms with Gasteiger partial charge in [0, 0.05) is 11.0 Å². The van der Waals surface area contributed by atoms with Crippen LogP contribution in [0.1, 0.15) is 32.6 Å². The topological polar surface area (TPSA) is 38.0 Å². The van der Waals surface area contributed by atoms with E-state index in [4.69, 9.17) is 5.73 Å². The SMILES string of the molecule is CC1CCC(CNc2cc(Br)ccc2N)CC1. The number of nitrogens with two attached hydrogens (primary N) is 1. The first-order valence-corrected chi connectivity index (χ1v) is 7.23. The van der Waals surface area contributed by atoms with E-state index in [9.17, 15) is 0 Å². The fraction of sp³-hybridized carbons (Fsp3) is 0.571. The van der Waals surface area contributed by atoms with Crippen LogP contribution in [0.15, 0.2) is 22.7 Å². The van der Waals surface area contributed by atoms with Crippen LogP contribution >= 0.6 is 15.9 Å². The van der Waals surface area contributed by atoms with E-state index < -0.39 is 0 Å². The van der Waals surface area contributed by atoms with Crippen molar-refractivity contribution in [2.45, 2.75) is 32.6 Å². The fourth-order valence-electron chi connectivity index (χ4n) is 2.47. The molecule has 2 rings (SSSR count). The summed E-state index contributed by atoms with van der Waals surface area (Å²) in [6, 6.07) is 5.97. The molecule has 0 radical (unpaired) electrons. The minimum absolute atomic E-state index is 0.810. The Hall–Kier alpha value is -0.700. The number of halogens is 1. The molecule has 1 aliphatic carbocycles. The van der Waals surface area contributed by atoms with Crippen molar-refractivity contribution < 1.29 is 0 Å². The summed E-state index contributed by atoms with van der Waals surface area (Å²) >= 11 is 3.47. The van der Waals surface area contributed by atoms with Crippen LogP contribution in [0.3, 0.4) is 0 Å². The number of hydrogen-bond acceptors (Lipinski definition) is 2. The second kappa shape index (κ2) is 5.76. The molecule has 2 nitrogen and oxygen atoms in total. The maximum absolute atomic E-state index is 5.94. The van der Waals surface area contributed by atoms with E-state index in [0.717, 1.165) is 34.2 Å². The predicted octanol–water partition coefficient (Wildman–Crippen LogP) is 4.27. The molecule has 1 saturated carbocycles. The van der Waals surface area contributed by atoms with E-state index >= 15 is 0 Å². The van der Waals surface area contributed by atoms with Gasteiger partial charge in [-0.3, -0.25) is 0 Å². The predicted molar refractivity (Wildman–Crippen MR) is 78.2 cm³/mol. The molecule has 0 spiro atoms. The average Bonchev–Trinajstić information content (AvgIpc) is 2.32. The maximum atomic E-state index is 5.94. The van der Waals surface area contributed by atoms with E-state index in [1.807, 2.05) is 12.1 Å². The summed E-state index contributed by atoms with van der Waals surface area (Å²) in [6.45, 7) is 3.41. The lowest BCUT2D eigenvalue weighted by Gasteiger charge is -2.26. The van der Waals surface area contributed by atoms with Gasteiger partial charge in [0.2, 0.25) is 0 Å². The van der Waals surface area contributed by atoms with Crippen molar-refractivity contribution >= 4 is 27.3 Å². The molecule has 1 aromatic rings. The van der Waals surface area contributed by atoms with Gasteiger partial charge in [-0.15, -0.1) is 0 Å². The van der Waals surface area contributed by atoms with Gasteiger partial charge in [-0.1, -0.05) is 35.7 Å². The van der Waals surface area contributed by atoms with Gasteiger partial charge in [0.15, 0.2) is 0 Å². The summed E-state index contributed by atoms with van der Waals surface area (Å²) in [4.78, 5) is 0. The molecule has 0 atom stereocenters. The molecule has 3 N–H and O–H groups in total. The summed E-state index contributed by atoms with van der Waals surface area (Å²) in [6.07, 6.45) is 5.45. The first-order chi connectivity index (χ1) is 8.15. The van der Waals surface area contributed by atoms with E-state index in [1.165, 1.54) is 25.7 Å². The number of rotatable bonds is 3. The molecule has 94 valence electrons. The molecule has 0 unspecified atom stereocenters. The monoisotopic (exact) mass is 296 g/mol. The highest BCUT2D eigenvalue weighted by molar-refractivity contribution is 9.10. The lowest BCUT2D eigenvalue weighted by Crippen LogP contribution is -2.20. The molecule has 17 heavy (non-hydrogen) atoms. The molecule has 1 fully saturated rings. The van der Waals surface area contributed by atoms with Crippen molar-refractivity contribution in [3.05, 3.63) is 22.7 Å². The number of hydrogen-bond donors (Lipinski definition) is 2. The number of nitrogen functional groups attached to an aromatic ring is 1. The third-order valence-corrected chi connectivity index (χ3v) is 4.23. The van der Waals surface area contributed by atoms with Crippen LogP contribution < -0.4 is 11.1 Å². The molecule has 0 saturated heterocycles. The van der Waals surface area contributed by atoms with Gasteiger partial charge in [-0.2, -0.15) is 0 Å². The zero-order chi connectivity index (χ0) is 12.3. The van der Waals surface area contributed by atoms with Crippen molar-refractivity contribution in [2.75, 3.05) is 17.6 Å². The van der Waals surface area contributed by atoms with Gasteiger partial charge in [0.05, 0.1) is 11.4 Å². The van der Waals surface area contributed by atoms with Crippen molar-refractivity contribution in [3.63, 3.8) is 0 Å². The summed E-state index contributed by atoms with van der Waals surface area (Å²) < 4.78 is 1.08. The smallest absolute Gasteiger partial charge is 0.0585 e. The van der Waals surface area contributed by atoms with Crippen molar-refractivity contribution in [3.8, 4) is 0 Å². The molecule has 3 heteroatoms. The second-order valence-corrected chi connectivity index (χ2v) is 6.15. The normalized spacial score (nSPS) is 24.6. The Kier molecular flexibility index (Phi) is 4.32. The van der Waals surface area contributed by atoms with E-state index in [0.29, 0.717) is 0 Å². The van der Waals surface area contributed by atoms with Gasteiger partial charge >= 0.3 is 0 Å². The fourth-order valence-corrected chi connectivity index (χ4v) is 2.83. The van der Waals surface area contributed by atoms with Crippen LogP contribution in [-0.4, -0.2) is 6.54 Å². The Labute approximate surface area is 112 Å². The highest BCUT2D eigenvalue weighted by Gasteiger charge is 2.17. The van der Waals surface area contributed by atoms with Crippen molar-refractivity contribution in [2.24, 2.45) is 11.8 Å². The Morgan fingerprint density at radius 2 is 2.00 bits per heavy atom. The molecule has 1 aliphatic rings. The van der Waals surface area contributed by atoms with Crippen molar-refractivity contribution in [1.29, 1.82) is 0 Å². The largest absolute Gasteiger partial charge is 0.397 e. The highest BCUT2D eigenvalue weighted by atomic mass is 79.9. The van der Waals surface area contributed by atoms with Crippen LogP contribution in [0.4, 0.5) is 11.4 Å².